The highest BCUT2D eigenvalue weighted by molar-refractivity contribution is 5.83. The number of amides is 1. The maximum atomic E-state index is 13.7. The Balaban J connectivity index is 2.82. The van der Waals surface area contributed by atoms with E-state index >= 15 is 0 Å². The molecule has 106 valence electrons. The van der Waals surface area contributed by atoms with Gasteiger partial charge in [-0.3, -0.25) is 4.79 Å². The van der Waals surface area contributed by atoms with Gasteiger partial charge in [0, 0.05) is 12.5 Å². The van der Waals surface area contributed by atoms with E-state index < -0.39 is 23.7 Å². The number of alkyl halides is 4. The lowest BCUT2D eigenvalue weighted by Crippen LogP contribution is -2.48. The Labute approximate surface area is 104 Å². The standard InChI is InChI=1S/C12H19F4NO/c1-7(2)8-5-17(6-9(8)13)10(18)11(3,4)12(14,15)16/h7-9H,5-6H2,1-4H3/t8-,9-/m1/s1. The number of carbonyl (C=O) groups excluding carboxylic acids is 1. The van der Waals surface area contributed by atoms with Gasteiger partial charge in [-0.05, 0) is 19.8 Å². The summed E-state index contributed by atoms with van der Waals surface area (Å²) in [4.78, 5) is 12.9. The van der Waals surface area contributed by atoms with Crippen molar-refractivity contribution in [1.82, 2.24) is 4.90 Å². The monoisotopic (exact) mass is 269 g/mol. The van der Waals surface area contributed by atoms with Crippen LogP contribution in [0, 0.1) is 17.3 Å². The predicted molar refractivity (Wildman–Crippen MR) is 59.6 cm³/mol. The number of rotatable bonds is 2. The molecule has 0 aromatic carbocycles. The molecule has 0 saturated carbocycles. The van der Waals surface area contributed by atoms with Crippen molar-refractivity contribution in [3.05, 3.63) is 0 Å². The van der Waals surface area contributed by atoms with Crippen LogP contribution in [0.5, 0.6) is 0 Å². The molecule has 1 rings (SSSR count). The molecule has 1 heterocycles. The topological polar surface area (TPSA) is 20.3 Å². The number of halogens is 4. The maximum Gasteiger partial charge on any atom is 0.402 e. The van der Waals surface area contributed by atoms with Crippen LogP contribution < -0.4 is 0 Å². The Morgan fingerprint density at radius 2 is 1.72 bits per heavy atom. The summed E-state index contributed by atoms with van der Waals surface area (Å²) in [7, 11) is 0. The molecule has 1 aliphatic heterocycles. The molecule has 0 aromatic heterocycles. The van der Waals surface area contributed by atoms with E-state index in [4.69, 9.17) is 0 Å². The van der Waals surface area contributed by atoms with Crippen molar-refractivity contribution in [2.75, 3.05) is 13.1 Å². The van der Waals surface area contributed by atoms with Gasteiger partial charge in [0.1, 0.15) is 11.6 Å². The van der Waals surface area contributed by atoms with Gasteiger partial charge in [-0.2, -0.15) is 13.2 Å². The molecule has 0 aliphatic carbocycles. The Morgan fingerprint density at radius 3 is 2.06 bits per heavy atom. The Morgan fingerprint density at radius 1 is 1.22 bits per heavy atom. The molecule has 0 spiro atoms. The van der Waals surface area contributed by atoms with Crippen molar-refractivity contribution in [2.24, 2.45) is 17.3 Å². The zero-order valence-electron chi connectivity index (χ0n) is 11.0. The molecule has 6 heteroatoms. The fraction of sp³-hybridized carbons (Fsp3) is 0.917. The van der Waals surface area contributed by atoms with Crippen LogP contribution in [-0.4, -0.2) is 36.2 Å². The van der Waals surface area contributed by atoms with E-state index in [1.807, 2.05) is 0 Å². The summed E-state index contributed by atoms with van der Waals surface area (Å²) < 4.78 is 51.9. The second kappa shape index (κ2) is 4.70. The SMILES string of the molecule is CC(C)[C@H]1CN(C(=O)C(C)(C)C(F)(F)F)C[C@H]1F. The molecule has 1 amide bonds. The highest BCUT2D eigenvalue weighted by Gasteiger charge is 2.55. The quantitative estimate of drug-likeness (QED) is 0.706. The molecule has 0 N–H and O–H groups in total. The highest BCUT2D eigenvalue weighted by atomic mass is 19.4. The van der Waals surface area contributed by atoms with Crippen molar-refractivity contribution < 1.29 is 22.4 Å². The molecule has 1 aliphatic rings. The lowest BCUT2D eigenvalue weighted by molar-refractivity contribution is -0.216. The lowest BCUT2D eigenvalue weighted by Gasteiger charge is -2.31. The molecular weight excluding hydrogens is 250 g/mol. The normalized spacial score (nSPS) is 25.9. The van der Waals surface area contributed by atoms with Crippen molar-refractivity contribution in [3.8, 4) is 0 Å². The Hall–Kier alpha value is -0.810. The largest absolute Gasteiger partial charge is 0.402 e. The summed E-state index contributed by atoms with van der Waals surface area (Å²) in [6.45, 7) is 5.12. The molecule has 1 saturated heterocycles. The van der Waals surface area contributed by atoms with E-state index in [0.29, 0.717) is 0 Å². The third-order valence-corrected chi connectivity index (χ3v) is 3.68. The summed E-state index contributed by atoms with van der Waals surface area (Å²) in [6, 6.07) is 0. The van der Waals surface area contributed by atoms with Crippen LogP contribution in [0.2, 0.25) is 0 Å². The van der Waals surface area contributed by atoms with E-state index in [1.165, 1.54) is 0 Å². The smallest absolute Gasteiger partial charge is 0.339 e. The summed E-state index contributed by atoms with van der Waals surface area (Å²) in [5.41, 5.74) is -2.46. The zero-order chi connectivity index (χ0) is 14.3. The fourth-order valence-electron chi connectivity index (χ4n) is 2.10. The van der Waals surface area contributed by atoms with Crippen LogP contribution >= 0.6 is 0 Å². The molecule has 1 fully saturated rings. The minimum Gasteiger partial charge on any atom is -0.339 e. The van der Waals surface area contributed by atoms with Gasteiger partial charge in [0.2, 0.25) is 5.91 Å². The average molecular weight is 269 g/mol. The number of nitrogens with zero attached hydrogens (tertiary/aromatic N) is 1. The van der Waals surface area contributed by atoms with Gasteiger partial charge in [-0.1, -0.05) is 13.8 Å². The summed E-state index contributed by atoms with van der Waals surface area (Å²) >= 11 is 0. The van der Waals surface area contributed by atoms with Crippen LogP contribution in [0.25, 0.3) is 0 Å². The molecule has 0 aromatic rings. The lowest BCUT2D eigenvalue weighted by atomic mass is 9.90. The van der Waals surface area contributed by atoms with Gasteiger partial charge in [-0.25, -0.2) is 4.39 Å². The van der Waals surface area contributed by atoms with Gasteiger partial charge < -0.3 is 4.90 Å². The Kier molecular flexibility index (Phi) is 3.98. The van der Waals surface area contributed by atoms with Crippen molar-refractivity contribution >= 4 is 5.91 Å². The van der Waals surface area contributed by atoms with E-state index in [2.05, 4.69) is 0 Å². The van der Waals surface area contributed by atoms with E-state index in [0.717, 1.165) is 18.7 Å². The number of hydrogen-bond donors (Lipinski definition) is 0. The summed E-state index contributed by atoms with van der Waals surface area (Å²) in [6.07, 6.45) is -5.86. The average Bonchev–Trinajstić information content (AvgIpc) is 2.57. The molecule has 2 atom stereocenters. The second-order valence-electron chi connectivity index (χ2n) is 5.76. The zero-order valence-corrected chi connectivity index (χ0v) is 11.0. The maximum absolute atomic E-state index is 13.7. The third-order valence-electron chi connectivity index (χ3n) is 3.68. The molecular formula is C12H19F4NO. The van der Waals surface area contributed by atoms with E-state index in [9.17, 15) is 22.4 Å². The van der Waals surface area contributed by atoms with E-state index in [-0.39, 0.29) is 24.9 Å². The minimum absolute atomic E-state index is 0.00630. The molecule has 2 nitrogen and oxygen atoms in total. The predicted octanol–water partition coefficient (Wildman–Crippen LogP) is 3.03. The summed E-state index contributed by atoms with van der Waals surface area (Å²) in [5.74, 6) is -1.41. The first-order valence-electron chi connectivity index (χ1n) is 5.98. The van der Waals surface area contributed by atoms with E-state index in [1.54, 1.807) is 13.8 Å². The van der Waals surface area contributed by atoms with Crippen molar-refractivity contribution in [3.63, 3.8) is 0 Å². The molecule has 0 bridgehead atoms. The molecule has 0 radical (unpaired) electrons. The van der Waals surface area contributed by atoms with Crippen molar-refractivity contribution in [2.45, 2.75) is 40.0 Å². The summed E-state index contributed by atoms with van der Waals surface area (Å²) in [5, 5.41) is 0. The first kappa shape index (κ1) is 15.2. The van der Waals surface area contributed by atoms with Crippen LogP contribution in [0.15, 0.2) is 0 Å². The molecule has 18 heavy (non-hydrogen) atoms. The minimum atomic E-state index is -4.62. The van der Waals surface area contributed by atoms with Crippen LogP contribution in [0.3, 0.4) is 0 Å². The fourth-order valence-corrected chi connectivity index (χ4v) is 2.10. The molecule has 0 unspecified atom stereocenters. The van der Waals surface area contributed by atoms with Gasteiger partial charge in [0.25, 0.3) is 0 Å². The third kappa shape index (κ3) is 2.62. The second-order valence-corrected chi connectivity index (χ2v) is 5.76. The number of likely N-dealkylation sites (tertiary alicyclic amines) is 1. The number of hydrogen-bond acceptors (Lipinski definition) is 1. The van der Waals surface area contributed by atoms with Gasteiger partial charge >= 0.3 is 6.18 Å². The van der Waals surface area contributed by atoms with Gasteiger partial charge in [0.05, 0.1) is 6.54 Å². The first-order valence-corrected chi connectivity index (χ1v) is 5.98. The van der Waals surface area contributed by atoms with Crippen LogP contribution in [-0.2, 0) is 4.79 Å². The van der Waals surface area contributed by atoms with Gasteiger partial charge in [-0.15, -0.1) is 0 Å². The van der Waals surface area contributed by atoms with Crippen molar-refractivity contribution in [1.29, 1.82) is 0 Å². The van der Waals surface area contributed by atoms with Gasteiger partial charge in [0.15, 0.2) is 0 Å². The Bertz CT molecular complexity index is 325. The first-order chi connectivity index (χ1) is 7.98. The van der Waals surface area contributed by atoms with Crippen LogP contribution in [0.1, 0.15) is 27.7 Å². The highest BCUT2D eigenvalue weighted by Crippen LogP contribution is 2.40. The number of carbonyl (C=O) groups is 1. The van der Waals surface area contributed by atoms with Crippen LogP contribution in [0.4, 0.5) is 17.6 Å².